The molecule has 1 atom stereocenters. The van der Waals surface area contributed by atoms with E-state index >= 15 is 0 Å². The molecule has 1 N–H and O–H groups in total. The molecule has 0 heterocycles. The quantitative estimate of drug-likeness (QED) is 0.855. The molecule has 0 bridgehead atoms. The highest BCUT2D eigenvalue weighted by Gasteiger charge is 2.14. The predicted molar refractivity (Wildman–Crippen MR) is 84.5 cm³/mol. The molecule has 0 amide bonds. The van der Waals surface area contributed by atoms with Gasteiger partial charge in [-0.3, -0.25) is 0 Å². The van der Waals surface area contributed by atoms with Gasteiger partial charge in [0.25, 0.3) is 0 Å². The average Bonchev–Trinajstić information content (AvgIpc) is 2.50. The number of likely N-dealkylation sites (N-methyl/N-ethyl adjacent to an activating group) is 1. The van der Waals surface area contributed by atoms with Crippen molar-refractivity contribution < 1.29 is 9.13 Å². The number of ether oxygens (including phenoxy) is 1. The van der Waals surface area contributed by atoms with Crippen LogP contribution in [0.3, 0.4) is 0 Å². The van der Waals surface area contributed by atoms with Crippen LogP contribution in [-0.2, 0) is 6.42 Å². The van der Waals surface area contributed by atoms with Crippen molar-refractivity contribution >= 4 is 11.6 Å². The molecule has 2 aromatic rings. The highest BCUT2D eigenvalue weighted by Crippen LogP contribution is 2.26. The molecule has 0 aromatic heterocycles. The molecular weight excluding hydrogens is 289 g/mol. The molecule has 0 aliphatic carbocycles. The summed E-state index contributed by atoms with van der Waals surface area (Å²) in [5, 5.41) is 3.44. The van der Waals surface area contributed by atoms with E-state index in [-0.39, 0.29) is 16.9 Å². The van der Waals surface area contributed by atoms with Crippen LogP contribution in [0.4, 0.5) is 4.39 Å². The van der Waals surface area contributed by atoms with Crippen LogP contribution in [0.1, 0.15) is 24.1 Å². The number of hydrogen-bond acceptors (Lipinski definition) is 2. The zero-order chi connectivity index (χ0) is 15.2. The lowest BCUT2D eigenvalue weighted by Crippen LogP contribution is -2.19. The van der Waals surface area contributed by atoms with Crippen molar-refractivity contribution in [2.24, 2.45) is 0 Å². The number of benzene rings is 2. The maximum atomic E-state index is 13.5. The monoisotopic (exact) mass is 307 g/mol. The van der Waals surface area contributed by atoms with Gasteiger partial charge in [-0.05, 0) is 49.7 Å². The van der Waals surface area contributed by atoms with Crippen molar-refractivity contribution in [3.63, 3.8) is 0 Å². The molecule has 21 heavy (non-hydrogen) atoms. The molecule has 1 unspecified atom stereocenters. The Morgan fingerprint density at radius 1 is 1.19 bits per heavy atom. The third-order valence-electron chi connectivity index (χ3n) is 3.40. The maximum absolute atomic E-state index is 13.5. The average molecular weight is 308 g/mol. The van der Waals surface area contributed by atoms with Gasteiger partial charge in [-0.2, -0.15) is 0 Å². The fraction of sp³-hybridized carbons (Fsp3) is 0.294. The summed E-state index contributed by atoms with van der Waals surface area (Å²) in [6, 6.07) is 12.9. The van der Waals surface area contributed by atoms with Crippen molar-refractivity contribution in [3.8, 4) is 5.75 Å². The number of hydrogen-bond donors (Lipinski definition) is 1. The highest BCUT2D eigenvalue weighted by molar-refractivity contribution is 6.31. The van der Waals surface area contributed by atoms with Gasteiger partial charge in [-0.25, -0.2) is 4.39 Å². The molecule has 0 spiro atoms. The summed E-state index contributed by atoms with van der Waals surface area (Å²) >= 11 is 6.03. The first kappa shape index (κ1) is 15.8. The number of nitrogens with one attached hydrogen (secondary N) is 1. The van der Waals surface area contributed by atoms with Gasteiger partial charge in [0.2, 0.25) is 0 Å². The van der Waals surface area contributed by atoms with Crippen molar-refractivity contribution in [2.45, 2.75) is 19.4 Å². The van der Waals surface area contributed by atoms with Gasteiger partial charge in [0.1, 0.15) is 11.6 Å². The van der Waals surface area contributed by atoms with Gasteiger partial charge >= 0.3 is 0 Å². The maximum Gasteiger partial charge on any atom is 0.142 e. The van der Waals surface area contributed by atoms with E-state index < -0.39 is 0 Å². The summed E-state index contributed by atoms with van der Waals surface area (Å²) in [6.45, 7) is 2.60. The van der Waals surface area contributed by atoms with Crippen molar-refractivity contribution in [2.75, 3.05) is 13.7 Å². The Bertz CT molecular complexity index is 586. The minimum absolute atomic E-state index is 0.0694. The Hall–Kier alpha value is -1.58. The molecule has 0 aliphatic heterocycles. The zero-order valence-electron chi connectivity index (χ0n) is 12.2. The lowest BCUT2D eigenvalue weighted by molar-refractivity contribution is 0.340. The molecule has 0 saturated carbocycles. The van der Waals surface area contributed by atoms with Crippen molar-refractivity contribution in [1.29, 1.82) is 0 Å². The zero-order valence-corrected chi connectivity index (χ0v) is 13.0. The summed E-state index contributed by atoms with van der Waals surface area (Å²) in [4.78, 5) is 0. The number of rotatable bonds is 6. The first-order valence-corrected chi connectivity index (χ1v) is 7.36. The van der Waals surface area contributed by atoms with E-state index in [4.69, 9.17) is 16.3 Å². The second-order valence-corrected chi connectivity index (χ2v) is 5.14. The third-order valence-corrected chi connectivity index (χ3v) is 3.82. The molecule has 0 radical (unpaired) electrons. The van der Waals surface area contributed by atoms with Crippen LogP contribution in [-0.4, -0.2) is 13.7 Å². The lowest BCUT2D eigenvalue weighted by Gasteiger charge is -2.18. The van der Waals surface area contributed by atoms with Gasteiger partial charge in [0, 0.05) is 6.04 Å². The van der Waals surface area contributed by atoms with Crippen molar-refractivity contribution in [3.05, 3.63) is 64.4 Å². The van der Waals surface area contributed by atoms with Crippen LogP contribution in [0.25, 0.3) is 0 Å². The molecule has 0 saturated heterocycles. The topological polar surface area (TPSA) is 21.3 Å². The third kappa shape index (κ3) is 3.96. The fourth-order valence-corrected chi connectivity index (χ4v) is 2.48. The molecule has 0 aliphatic rings. The normalized spacial score (nSPS) is 12.2. The Labute approximate surface area is 129 Å². The molecule has 112 valence electrons. The Morgan fingerprint density at radius 3 is 2.52 bits per heavy atom. The SMILES string of the molecule is CCOc1ccc(C(Cc2cccc(F)c2Cl)NC)cc1. The summed E-state index contributed by atoms with van der Waals surface area (Å²) in [6.07, 6.45) is 0.626. The van der Waals surface area contributed by atoms with Crippen LogP contribution in [0.15, 0.2) is 42.5 Å². The van der Waals surface area contributed by atoms with Gasteiger partial charge in [0.05, 0.1) is 11.6 Å². The van der Waals surface area contributed by atoms with Gasteiger partial charge in [0.15, 0.2) is 0 Å². The smallest absolute Gasteiger partial charge is 0.142 e. The molecule has 2 rings (SSSR count). The molecule has 2 nitrogen and oxygen atoms in total. The van der Waals surface area contributed by atoms with E-state index in [2.05, 4.69) is 5.32 Å². The second-order valence-electron chi connectivity index (χ2n) is 4.76. The van der Waals surface area contributed by atoms with Gasteiger partial charge < -0.3 is 10.1 Å². The minimum atomic E-state index is -0.379. The summed E-state index contributed by atoms with van der Waals surface area (Å²) < 4.78 is 18.9. The first-order chi connectivity index (χ1) is 10.2. The number of halogens is 2. The summed E-state index contributed by atoms with van der Waals surface area (Å²) in [5.41, 5.74) is 1.91. The highest BCUT2D eigenvalue weighted by atomic mass is 35.5. The second kappa shape index (κ2) is 7.43. The van der Waals surface area contributed by atoms with Crippen LogP contribution < -0.4 is 10.1 Å². The fourth-order valence-electron chi connectivity index (χ4n) is 2.28. The summed E-state index contributed by atoms with van der Waals surface area (Å²) in [5.74, 6) is 0.468. The molecular formula is C17H19ClFNO. The van der Waals surface area contributed by atoms with Crippen LogP contribution in [0.5, 0.6) is 5.75 Å². The van der Waals surface area contributed by atoms with Crippen molar-refractivity contribution in [1.82, 2.24) is 5.32 Å². The van der Waals surface area contributed by atoms with Gasteiger partial charge in [-0.15, -0.1) is 0 Å². The largest absolute Gasteiger partial charge is 0.494 e. The van der Waals surface area contributed by atoms with E-state index in [9.17, 15) is 4.39 Å². The van der Waals surface area contributed by atoms with E-state index in [0.717, 1.165) is 16.9 Å². The van der Waals surface area contributed by atoms with Crippen LogP contribution in [0.2, 0.25) is 5.02 Å². The standard InChI is InChI=1S/C17H19ClFNO/c1-3-21-14-9-7-12(8-10-14)16(20-2)11-13-5-4-6-15(19)17(13)18/h4-10,16,20H,3,11H2,1-2H3. The van der Waals surface area contributed by atoms with Gasteiger partial charge in [-0.1, -0.05) is 35.9 Å². The van der Waals surface area contributed by atoms with E-state index in [1.165, 1.54) is 6.07 Å². The van der Waals surface area contributed by atoms with E-state index in [1.54, 1.807) is 6.07 Å². The Balaban J connectivity index is 2.17. The van der Waals surface area contributed by atoms with Crippen LogP contribution in [0, 0.1) is 5.82 Å². The first-order valence-electron chi connectivity index (χ1n) is 6.98. The molecule has 4 heteroatoms. The Morgan fingerprint density at radius 2 is 1.90 bits per heavy atom. The predicted octanol–water partition coefficient (Wildman–Crippen LogP) is 4.38. The van der Waals surface area contributed by atoms with E-state index in [0.29, 0.717) is 13.0 Å². The lowest BCUT2D eigenvalue weighted by atomic mass is 9.99. The Kier molecular flexibility index (Phi) is 5.59. The molecule has 0 fully saturated rings. The molecule has 2 aromatic carbocycles. The summed E-state index contributed by atoms with van der Waals surface area (Å²) in [7, 11) is 1.88. The van der Waals surface area contributed by atoms with E-state index in [1.807, 2.05) is 44.3 Å². The van der Waals surface area contributed by atoms with Crippen LogP contribution >= 0.6 is 11.6 Å². The minimum Gasteiger partial charge on any atom is -0.494 e.